The number of hydrogen-bond acceptors (Lipinski definition) is 2. The summed E-state index contributed by atoms with van der Waals surface area (Å²) >= 11 is 12.4. The van der Waals surface area contributed by atoms with Crippen molar-refractivity contribution in [3.8, 4) is 11.3 Å². The van der Waals surface area contributed by atoms with Crippen LogP contribution in [-0.4, -0.2) is 9.61 Å². The van der Waals surface area contributed by atoms with E-state index in [4.69, 9.17) is 32.7 Å². The minimum absolute atomic E-state index is 0.592. The molecule has 0 amide bonds. The first kappa shape index (κ1) is 16.4. The van der Waals surface area contributed by atoms with Crippen LogP contribution >= 0.6 is 23.2 Å². The maximum absolute atomic E-state index is 6.38. The van der Waals surface area contributed by atoms with Gasteiger partial charge in [0, 0.05) is 16.1 Å². The van der Waals surface area contributed by atoms with E-state index in [0.29, 0.717) is 16.0 Å². The number of aromatic nitrogens is 2. The summed E-state index contributed by atoms with van der Waals surface area (Å²) in [4.78, 5) is 0. The van der Waals surface area contributed by atoms with Crippen LogP contribution in [0, 0.1) is 19.8 Å². The van der Waals surface area contributed by atoms with Crippen molar-refractivity contribution in [3.05, 3.63) is 45.3 Å². The van der Waals surface area contributed by atoms with E-state index in [1.165, 1.54) is 5.56 Å². The van der Waals surface area contributed by atoms with Gasteiger partial charge in [0.05, 0.1) is 10.7 Å². The molecule has 0 spiro atoms. The Labute approximate surface area is 146 Å². The number of aryl methyl sites for hydroxylation is 2. The second-order valence-corrected chi connectivity index (χ2v) is 6.97. The average Bonchev–Trinajstić information content (AvgIpc) is 2.95. The summed E-state index contributed by atoms with van der Waals surface area (Å²) in [6.07, 6.45) is 2.10. The highest BCUT2D eigenvalue weighted by molar-refractivity contribution is 6.36. The fourth-order valence-corrected chi connectivity index (χ4v) is 3.35. The Kier molecular flexibility index (Phi) is 4.43. The van der Waals surface area contributed by atoms with Crippen LogP contribution in [0.15, 0.2) is 22.6 Å². The average molecular weight is 351 g/mol. The molecule has 5 heteroatoms. The predicted octanol–water partition coefficient (Wildman–Crippen LogP) is 6.11. The minimum Gasteiger partial charge on any atom is -0.441 e. The first-order valence-electron chi connectivity index (χ1n) is 7.85. The summed E-state index contributed by atoms with van der Waals surface area (Å²) in [7, 11) is 0. The van der Waals surface area contributed by atoms with Gasteiger partial charge in [0.1, 0.15) is 11.5 Å². The summed E-state index contributed by atoms with van der Waals surface area (Å²) in [5.74, 6) is 1.40. The minimum atomic E-state index is 0.592. The Hall–Kier alpha value is -1.45. The van der Waals surface area contributed by atoms with Crippen molar-refractivity contribution in [1.29, 1.82) is 0 Å². The van der Waals surface area contributed by atoms with Crippen LogP contribution in [0.4, 0.5) is 0 Å². The summed E-state index contributed by atoms with van der Waals surface area (Å²) in [6, 6.07) is 5.48. The van der Waals surface area contributed by atoms with Crippen molar-refractivity contribution >= 4 is 28.9 Å². The van der Waals surface area contributed by atoms with E-state index in [2.05, 4.69) is 13.8 Å². The number of halogens is 2. The van der Waals surface area contributed by atoms with Crippen molar-refractivity contribution in [2.75, 3.05) is 0 Å². The Morgan fingerprint density at radius 1 is 1.26 bits per heavy atom. The normalized spacial score (nSPS) is 13.0. The third-order valence-corrected chi connectivity index (χ3v) is 4.92. The highest BCUT2D eigenvalue weighted by Gasteiger charge is 2.22. The molecular weight excluding hydrogens is 331 g/mol. The first-order valence-corrected chi connectivity index (χ1v) is 8.61. The van der Waals surface area contributed by atoms with Gasteiger partial charge in [0.2, 0.25) is 5.71 Å². The Morgan fingerprint density at radius 2 is 2.00 bits per heavy atom. The van der Waals surface area contributed by atoms with Crippen molar-refractivity contribution in [3.63, 3.8) is 0 Å². The topological polar surface area (TPSA) is 30.4 Å². The van der Waals surface area contributed by atoms with Crippen molar-refractivity contribution in [1.82, 2.24) is 9.61 Å². The summed E-state index contributed by atoms with van der Waals surface area (Å²) in [5.41, 5.74) is 4.78. The molecule has 0 radical (unpaired) electrons. The first-order chi connectivity index (χ1) is 10.9. The number of fused-ring (bicyclic) bond motifs is 1. The molecule has 3 rings (SSSR count). The van der Waals surface area contributed by atoms with Gasteiger partial charge >= 0.3 is 0 Å². The van der Waals surface area contributed by atoms with Crippen molar-refractivity contribution in [2.24, 2.45) is 5.92 Å². The Balaban J connectivity index is 2.19. The van der Waals surface area contributed by atoms with Gasteiger partial charge in [-0.3, -0.25) is 0 Å². The lowest BCUT2D eigenvalue weighted by Gasteiger charge is -2.06. The lowest BCUT2D eigenvalue weighted by molar-refractivity contribution is 0.539. The smallest absolute Gasteiger partial charge is 0.225 e. The summed E-state index contributed by atoms with van der Waals surface area (Å²) < 4.78 is 7.92. The molecule has 23 heavy (non-hydrogen) atoms. The van der Waals surface area contributed by atoms with Gasteiger partial charge in [0.15, 0.2) is 0 Å². The Morgan fingerprint density at radius 3 is 2.65 bits per heavy atom. The van der Waals surface area contributed by atoms with Crippen LogP contribution in [0.5, 0.6) is 0 Å². The number of nitrogens with zero attached hydrogens (tertiary/aromatic N) is 2. The van der Waals surface area contributed by atoms with Crippen LogP contribution in [0.2, 0.25) is 10.0 Å². The van der Waals surface area contributed by atoms with Crippen LogP contribution in [0.1, 0.15) is 37.3 Å². The van der Waals surface area contributed by atoms with Crippen molar-refractivity contribution in [2.45, 2.75) is 40.5 Å². The van der Waals surface area contributed by atoms with E-state index in [9.17, 15) is 0 Å². The molecule has 0 aliphatic heterocycles. The molecule has 2 heterocycles. The molecule has 1 aromatic carbocycles. The zero-order chi connectivity index (χ0) is 16.7. The van der Waals surface area contributed by atoms with Gasteiger partial charge in [-0.15, -0.1) is 0 Å². The monoisotopic (exact) mass is 350 g/mol. The lowest BCUT2D eigenvalue weighted by atomic mass is 9.99. The van der Waals surface area contributed by atoms with E-state index >= 15 is 0 Å². The van der Waals surface area contributed by atoms with Gasteiger partial charge in [-0.25, -0.2) is 0 Å². The molecule has 0 saturated carbocycles. The third-order valence-electron chi connectivity index (χ3n) is 4.37. The second kappa shape index (κ2) is 6.21. The highest BCUT2D eigenvalue weighted by Crippen LogP contribution is 2.35. The Bertz CT molecular complexity index is 864. The molecule has 122 valence electrons. The van der Waals surface area contributed by atoms with Crippen molar-refractivity contribution < 1.29 is 4.42 Å². The summed E-state index contributed by atoms with van der Waals surface area (Å²) in [6.45, 7) is 8.42. The van der Waals surface area contributed by atoms with Gasteiger partial charge in [0.25, 0.3) is 0 Å². The highest BCUT2D eigenvalue weighted by atomic mass is 35.5. The molecule has 0 N–H and O–H groups in total. The van der Waals surface area contributed by atoms with Gasteiger partial charge in [-0.05, 0) is 44.4 Å². The van der Waals surface area contributed by atoms with E-state index in [-0.39, 0.29) is 0 Å². The predicted molar refractivity (Wildman–Crippen MR) is 95.5 cm³/mol. The standard InChI is InChI=1S/C18H20Cl2N2O/c1-5-10(2)8-15-11(3)21-22-17(12(4)23-18(15)22)14-7-6-13(19)9-16(14)20/h6-7,9-10H,5,8H2,1-4H3. The molecule has 0 saturated heterocycles. The molecule has 1 unspecified atom stereocenters. The van der Waals surface area contributed by atoms with E-state index in [1.54, 1.807) is 6.07 Å². The number of oxazole rings is 1. The van der Waals surface area contributed by atoms with Gasteiger partial charge in [-0.2, -0.15) is 9.61 Å². The van der Waals surface area contributed by atoms with E-state index < -0.39 is 0 Å². The zero-order valence-electron chi connectivity index (χ0n) is 13.8. The summed E-state index contributed by atoms with van der Waals surface area (Å²) in [5, 5.41) is 5.91. The van der Waals surface area contributed by atoms with E-state index in [1.807, 2.05) is 30.5 Å². The van der Waals surface area contributed by atoms with E-state index in [0.717, 1.165) is 41.3 Å². The fraction of sp³-hybridized carbons (Fsp3) is 0.389. The maximum Gasteiger partial charge on any atom is 0.225 e. The van der Waals surface area contributed by atoms with Crippen LogP contribution in [-0.2, 0) is 6.42 Å². The fourth-order valence-electron chi connectivity index (χ4n) is 2.85. The second-order valence-electron chi connectivity index (χ2n) is 6.13. The molecule has 1 atom stereocenters. The maximum atomic E-state index is 6.38. The van der Waals surface area contributed by atoms with Crippen LogP contribution in [0.25, 0.3) is 17.0 Å². The number of hydrogen-bond donors (Lipinski definition) is 0. The largest absolute Gasteiger partial charge is 0.441 e. The number of rotatable bonds is 4. The zero-order valence-corrected chi connectivity index (χ0v) is 15.3. The SMILES string of the molecule is CCC(C)Cc1c(C)nn2c(-c3ccc(Cl)cc3Cl)c(C)oc12. The van der Waals surface area contributed by atoms with Gasteiger partial charge in [-0.1, -0.05) is 43.5 Å². The quantitative estimate of drug-likeness (QED) is 0.568. The third kappa shape index (κ3) is 2.88. The molecule has 3 aromatic rings. The van der Waals surface area contributed by atoms with Gasteiger partial charge < -0.3 is 4.42 Å². The van der Waals surface area contributed by atoms with Crippen LogP contribution < -0.4 is 0 Å². The molecule has 2 aromatic heterocycles. The molecule has 0 aliphatic carbocycles. The molecule has 0 fully saturated rings. The molecule has 0 bridgehead atoms. The van der Waals surface area contributed by atoms with Crippen LogP contribution in [0.3, 0.4) is 0 Å². The molecule has 0 aliphatic rings. The number of benzene rings is 1. The molecular formula is C18H20Cl2N2O. The lowest BCUT2D eigenvalue weighted by Crippen LogP contribution is -1.98. The molecule has 3 nitrogen and oxygen atoms in total.